The Hall–Kier alpha value is -2.82. The van der Waals surface area contributed by atoms with Crippen molar-refractivity contribution in [3.63, 3.8) is 0 Å². The molecule has 2 aromatic rings. The van der Waals surface area contributed by atoms with Crippen LogP contribution < -0.4 is 4.74 Å². The highest BCUT2D eigenvalue weighted by atomic mass is 16.5. The van der Waals surface area contributed by atoms with Crippen LogP contribution in [0.15, 0.2) is 54.6 Å². The van der Waals surface area contributed by atoms with E-state index in [0.717, 1.165) is 5.56 Å². The van der Waals surface area contributed by atoms with Crippen LogP contribution in [0, 0.1) is 11.8 Å². The molecule has 0 spiro atoms. The standard InChI is InChI=1S/C20H21NO4/c1-14-11-21(12-18(14)20(23)24)19(22)16-7-9-17(10-8-16)25-13-15-5-3-2-4-6-15/h2-10,14,18H,11-13H2,1H3,(H,23,24)/t14-,18-/m1/s1. The Morgan fingerprint density at radius 3 is 2.36 bits per heavy atom. The van der Waals surface area contributed by atoms with Crippen LogP contribution in [0.5, 0.6) is 5.75 Å². The topological polar surface area (TPSA) is 66.8 Å². The SMILES string of the molecule is C[C@@H]1CN(C(=O)c2ccc(OCc3ccccc3)cc2)C[C@H]1C(=O)O. The molecule has 130 valence electrons. The number of ether oxygens (including phenoxy) is 1. The van der Waals surface area contributed by atoms with Crippen LogP contribution in [0.25, 0.3) is 0 Å². The van der Waals surface area contributed by atoms with Gasteiger partial charge in [-0.15, -0.1) is 0 Å². The fourth-order valence-corrected chi connectivity index (χ4v) is 3.07. The van der Waals surface area contributed by atoms with Crippen LogP contribution in [-0.4, -0.2) is 35.0 Å². The molecule has 1 N–H and O–H groups in total. The first-order valence-corrected chi connectivity index (χ1v) is 8.33. The van der Waals surface area contributed by atoms with Gasteiger partial charge in [-0.05, 0) is 35.7 Å². The Bertz CT molecular complexity index is 742. The van der Waals surface area contributed by atoms with Gasteiger partial charge in [0.1, 0.15) is 12.4 Å². The van der Waals surface area contributed by atoms with Crippen LogP contribution in [0.3, 0.4) is 0 Å². The molecule has 0 bridgehead atoms. The van der Waals surface area contributed by atoms with E-state index in [2.05, 4.69) is 0 Å². The number of carboxylic acids is 1. The Labute approximate surface area is 146 Å². The maximum Gasteiger partial charge on any atom is 0.308 e. The number of likely N-dealkylation sites (tertiary alicyclic amines) is 1. The Kier molecular flexibility index (Phi) is 5.03. The Morgan fingerprint density at radius 1 is 1.08 bits per heavy atom. The molecule has 2 atom stereocenters. The molecule has 0 unspecified atom stereocenters. The van der Waals surface area contributed by atoms with Crippen molar-refractivity contribution in [2.75, 3.05) is 13.1 Å². The van der Waals surface area contributed by atoms with Gasteiger partial charge in [-0.2, -0.15) is 0 Å². The summed E-state index contributed by atoms with van der Waals surface area (Å²) >= 11 is 0. The van der Waals surface area contributed by atoms with E-state index >= 15 is 0 Å². The normalized spacial score (nSPS) is 19.6. The van der Waals surface area contributed by atoms with Gasteiger partial charge in [0.15, 0.2) is 0 Å². The van der Waals surface area contributed by atoms with Crippen molar-refractivity contribution in [3.8, 4) is 5.75 Å². The summed E-state index contributed by atoms with van der Waals surface area (Å²) < 4.78 is 5.72. The zero-order valence-corrected chi connectivity index (χ0v) is 14.1. The van der Waals surface area contributed by atoms with Crippen LogP contribution in [-0.2, 0) is 11.4 Å². The fourth-order valence-electron chi connectivity index (χ4n) is 3.07. The van der Waals surface area contributed by atoms with E-state index in [1.54, 1.807) is 29.2 Å². The maximum absolute atomic E-state index is 12.5. The number of carboxylic acid groups (broad SMARTS) is 1. The molecule has 0 saturated carbocycles. The third-order valence-corrected chi connectivity index (χ3v) is 4.57. The highest BCUT2D eigenvalue weighted by molar-refractivity contribution is 5.95. The molecule has 1 amide bonds. The third kappa shape index (κ3) is 3.99. The van der Waals surface area contributed by atoms with Crippen LogP contribution >= 0.6 is 0 Å². The number of carbonyl (C=O) groups excluding carboxylic acids is 1. The molecule has 2 aromatic carbocycles. The van der Waals surface area contributed by atoms with Gasteiger partial charge in [-0.25, -0.2) is 0 Å². The van der Waals surface area contributed by atoms with Gasteiger partial charge in [0.2, 0.25) is 0 Å². The van der Waals surface area contributed by atoms with Crippen LogP contribution in [0.1, 0.15) is 22.8 Å². The summed E-state index contributed by atoms with van der Waals surface area (Å²) in [5.41, 5.74) is 1.62. The Balaban J connectivity index is 1.60. The highest BCUT2D eigenvalue weighted by Gasteiger charge is 2.37. The van der Waals surface area contributed by atoms with E-state index in [0.29, 0.717) is 24.5 Å². The van der Waals surface area contributed by atoms with Gasteiger partial charge in [-0.1, -0.05) is 37.3 Å². The third-order valence-electron chi connectivity index (χ3n) is 4.57. The average molecular weight is 339 g/mol. The number of benzene rings is 2. The Morgan fingerprint density at radius 2 is 1.76 bits per heavy atom. The van der Waals surface area contributed by atoms with Crippen molar-refractivity contribution < 1.29 is 19.4 Å². The predicted molar refractivity (Wildman–Crippen MR) is 93.4 cm³/mol. The van der Waals surface area contributed by atoms with E-state index in [-0.39, 0.29) is 18.4 Å². The summed E-state index contributed by atoms with van der Waals surface area (Å²) in [7, 11) is 0. The van der Waals surface area contributed by atoms with E-state index in [1.165, 1.54) is 0 Å². The summed E-state index contributed by atoms with van der Waals surface area (Å²) in [6.07, 6.45) is 0. The van der Waals surface area contributed by atoms with Gasteiger partial charge >= 0.3 is 5.97 Å². The molecule has 5 nitrogen and oxygen atoms in total. The van der Waals surface area contributed by atoms with Crippen LogP contribution in [0.4, 0.5) is 0 Å². The lowest BCUT2D eigenvalue weighted by Gasteiger charge is -2.16. The predicted octanol–water partition coefficient (Wildman–Crippen LogP) is 3.06. The minimum Gasteiger partial charge on any atom is -0.489 e. The molecule has 0 aromatic heterocycles. The van der Waals surface area contributed by atoms with Crippen molar-refractivity contribution in [2.24, 2.45) is 11.8 Å². The maximum atomic E-state index is 12.5. The van der Waals surface area contributed by atoms with Crippen molar-refractivity contribution in [2.45, 2.75) is 13.5 Å². The number of nitrogens with zero attached hydrogens (tertiary/aromatic N) is 1. The molecule has 1 aliphatic rings. The van der Waals surface area contributed by atoms with Crippen molar-refractivity contribution in [3.05, 3.63) is 65.7 Å². The van der Waals surface area contributed by atoms with E-state index in [4.69, 9.17) is 4.74 Å². The number of hydrogen-bond donors (Lipinski definition) is 1. The summed E-state index contributed by atoms with van der Waals surface area (Å²) in [5, 5.41) is 9.19. The molecular weight excluding hydrogens is 318 g/mol. The number of hydrogen-bond acceptors (Lipinski definition) is 3. The highest BCUT2D eigenvalue weighted by Crippen LogP contribution is 2.25. The second kappa shape index (κ2) is 7.38. The average Bonchev–Trinajstić information content (AvgIpc) is 3.03. The molecule has 3 rings (SSSR count). The van der Waals surface area contributed by atoms with Crippen molar-refractivity contribution in [1.82, 2.24) is 4.90 Å². The van der Waals surface area contributed by atoms with E-state index in [1.807, 2.05) is 37.3 Å². The molecule has 1 heterocycles. The molecule has 25 heavy (non-hydrogen) atoms. The van der Waals surface area contributed by atoms with E-state index < -0.39 is 11.9 Å². The molecule has 0 aliphatic carbocycles. The lowest BCUT2D eigenvalue weighted by molar-refractivity contribution is -0.142. The lowest BCUT2D eigenvalue weighted by atomic mass is 9.99. The zero-order chi connectivity index (χ0) is 17.8. The summed E-state index contributed by atoms with van der Waals surface area (Å²) in [6.45, 7) is 3.08. The van der Waals surface area contributed by atoms with Gasteiger partial charge < -0.3 is 14.7 Å². The summed E-state index contributed by atoms with van der Waals surface area (Å²) in [5.74, 6) is -0.802. The van der Waals surface area contributed by atoms with Crippen molar-refractivity contribution >= 4 is 11.9 Å². The molecule has 5 heteroatoms. The minimum absolute atomic E-state index is 0.0325. The second-order valence-corrected chi connectivity index (χ2v) is 6.43. The number of aliphatic carboxylic acids is 1. The quantitative estimate of drug-likeness (QED) is 0.909. The number of amides is 1. The second-order valence-electron chi connectivity index (χ2n) is 6.43. The van der Waals surface area contributed by atoms with Gasteiger partial charge in [0.25, 0.3) is 5.91 Å². The molecule has 1 saturated heterocycles. The molecule has 1 fully saturated rings. The first-order chi connectivity index (χ1) is 12.0. The lowest BCUT2D eigenvalue weighted by Crippen LogP contribution is -2.29. The van der Waals surface area contributed by atoms with Crippen LogP contribution in [0.2, 0.25) is 0 Å². The summed E-state index contributed by atoms with van der Waals surface area (Å²) in [4.78, 5) is 25.4. The zero-order valence-electron chi connectivity index (χ0n) is 14.1. The van der Waals surface area contributed by atoms with Gasteiger partial charge in [0, 0.05) is 18.7 Å². The first kappa shape index (κ1) is 17.0. The smallest absolute Gasteiger partial charge is 0.308 e. The molecular formula is C20H21NO4. The first-order valence-electron chi connectivity index (χ1n) is 8.33. The monoisotopic (exact) mass is 339 g/mol. The van der Waals surface area contributed by atoms with Crippen molar-refractivity contribution in [1.29, 1.82) is 0 Å². The number of carbonyl (C=O) groups is 2. The van der Waals surface area contributed by atoms with Gasteiger partial charge in [0.05, 0.1) is 5.92 Å². The largest absolute Gasteiger partial charge is 0.489 e. The molecule has 1 aliphatic heterocycles. The molecule has 0 radical (unpaired) electrons. The summed E-state index contributed by atoms with van der Waals surface area (Å²) in [6, 6.07) is 16.8. The van der Waals surface area contributed by atoms with Gasteiger partial charge in [-0.3, -0.25) is 9.59 Å². The minimum atomic E-state index is -0.840. The fraction of sp³-hybridized carbons (Fsp3) is 0.300. The number of rotatable bonds is 5. The van der Waals surface area contributed by atoms with E-state index in [9.17, 15) is 14.7 Å².